The molecular formula is C14H20N2O4S. The number of carbonyl (C=O) groups is 1. The van der Waals surface area contributed by atoms with E-state index in [0.29, 0.717) is 5.69 Å². The number of benzene rings is 1. The number of para-hydroxylation sites is 1. The zero-order chi connectivity index (χ0) is 15.6. The Bertz CT molecular complexity index is 626. The molecule has 1 aliphatic carbocycles. The summed E-state index contributed by atoms with van der Waals surface area (Å²) in [5.41, 5.74) is 0.513. The number of carboxylic acid groups (broad SMARTS) is 1. The number of nitrogens with one attached hydrogen (secondary N) is 1. The molecule has 2 rings (SSSR count). The third kappa shape index (κ3) is 3.95. The molecule has 0 aromatic heterocycles. The molecule has 0 amide bonds. The largest absolute Gasteiger partial charge is 0.481 e. The van der Waals surface area contributed by atoms with E-state index < -0.39 is 21.9 Å². The maximum absolute atomic E-state index is 12.4. The van der Waals surface area contributed by atoms with Crippen LogP contribution in [-0.4, -0.2) is 39.1 Å². The van der Waals surface area contributed by atoms with E-state index in [2.05, 4.69) is 4.72 Å². The molecule has 1 aromatic rings. The molecule has 1 aromatic carbocycles. The van der Waals surface area contributed by atoms with Crippen LogP contribution in [0.15, 0.2) is 29.2 Å². The van der Waals surface area contributed by atoms with Crippen LogP contribution in [-0.2, 0) is 14.8 Å². The Morgan fingerprint density at radius 2 is 2.05 bits per heavy atom. The van der Waals surface area contributed by atoms with Crippen LogP contribution in [0.5, 0.6) is 0 Å². The highest BCUT2D eigenvalue weighted by molar-refractivity contribution is 7.89. The molecule has 1 saturated carbocycles. The van der Waals surface area contributed by atoms with E-state index in [1.807, 2.05) is 0 Å². The summed E-state index contributed by atoms with van der Waals surface area (Å²) < 4.78 is 27.4. The van der Waals surface area contributed by atoms with E-state index in [-0.39, 0.29) is 17.5 Å². The van der Waals surface area contributed by atoms with Gasteiger partial charge in [-0.2, -0.15) is 0 Å². The molecule has 0 spiro atoms. The van der Waals surface area contributed by atoms with Gasteiger partial charge in [-0.25, -0.2) is 13.1 Å². The Hall–Kier alpha value is -1.60. The van der Waals surface area contributed by atoms with Gasteiger partial charge in [0.2, 0.25) is 10.0 Å². The SMILES string of the molecule is CC(CN(C)c1ccccc1S(=O)(=O)NC1CC1)C(=O)O. The Balaban J connectivity index is 2.25. The van der Waals surface area contributed by atoms with E-state index >= 15 is 0 Å². The first-order chi connectivity index (χ1) is 9.81. The van der Waals surface area contributed by atoms with Gasteiger partial charge in [-0.3, -0.25) is 4.79 Å². The predicted octanol–water partition coefficient (Wildman–Crippen LogP) is 1.28. The molecule has 0 bridgehead atoms. The third-order valence-corrected chi connectivity index (χ3v) is 5.00. The summed E-state index contributed by atoms with van der Waals surface area (Å²) >= 11 is 0. The van der Waals surface area contributed by atoms with Crippen LogP contribution >= 0.6 is 0 Å². The van der Waals surface area contributed by atoms with Crippen molar-refractivity contribution in [3.05, 3.63) is 24.3 Å². The average Bonchev–Trinajstić information content (AvgIpc) is 3.21. The van der Waals surface area contributed by atoms with Gasteiger partial charge in [-0.05, 0) is 25.0 Å². The van der Waals surface area contributed by atoms with Gasteiger partial charge < -0.3 is 10.0 Å². The minimum absolute atomic E-state index is 0.0336. The first kappa shape index (κ1) is 15.8. The van der Waals surface area contributed by atoms with Crippen molar-refractivity contribution in [2.24, 2.45) is 5.92 Å². The lowest BCUT2D eigenvalue weighted by molar-refractivity contribution is -0.140. The van der Waals surface area contributed by atoms with Crippen molar-refractivity contribution < 1.29 is 18.3 Å². The summed E-state index contributed by atoms with van der Waals surface area (Å²) in [6.45, 7) is 1.84. The minimum Gasteiger partial charge on any atom is -0.481 e. The van der Waals surface area contributed by atoms with Crippen LogP contribution in [0.4, 0.5) is 5.69 Å². The van der Waals surface area contributed by atoms with E-state index in [4.69, 9.17) is 5.11 Å². The smallest absolute Gasteiger partial charge is 0.308 e. The number of aliphatic carboxylic acids is 1. The van der Waals surface area contributed by atoms with Crippen molar-refractivity contribution in [3.63, 3.8) is 0 Å². The molecule has 1 fully saturated rings. The summed E-state index contributed by atoms with van der Waals surface area (Å²) in [5, 5.41) is 8.98. The molecule has 1 unspecified atom stereocenters. The molecule has 6 nitrogen and oxygen atoms in total. The normalized spacial score (nSPS) is 16.5. The maximum atomic E-state index is 12.4. The molecular weight excluding hydrogens is 292 g/mol. The fraction of sp³-hybridized carbons (Fsp3) is 0.500. The van der Waals surface area contributed by atoms with Crippen LogP contribution in [0.1, 0.15) is 19.8 Å². The minimum atomic E-state index is -3.57. The zero-order valence-corrected chi connectivity index (χ0v) is 12.9. The van der Waals surface area contributed by atoms with Crippen molar-refractivity contribution >= 4 is 21.7 Å². The van der Waals surface area contributed by atoms with Gasteiger partial charge in [-0.15, -0.1) is 0 Å². The monoisotopic (exact) mass is 312 g/mol. The summed E-state index contributed by atoms with van der Waals surface area (Å²) in [7, 11) is -1.87. The Morgan fingerprint density at radius 1 is 1.43 bits per heavy atom. The number of hydrogen-bond acceptors (Lipinski definition) is 4. The highest BCUT2D eigenvalue weighted by Gasteiger charge is 2.30. The lowest BCUT2D eigenvalue weighted by Crippen LogP contribution is -2.31. The second-order valence-corrected chi connectivity index (χ2v) is 7.17. The summed E-state index contributed by atoms with van der Waals surface area (Å²) in [5.74, 6) is -1.49. The summed E-state index contributed by atoms with van der Waals surface area (Å²) in [4.78, 5) is 12.8. The van der Waals surface area contributed by atoms with Crippen LogP contribution in [0.2, 0.25) is 0 Å². The fourth-order valence-electron chi connectivity index (χ4n) is 2.07. The first-order valence-corrected chi connectivity index (χ1v) is 8.35. The molecule has 1 atom stereocenters. The molecule has 21 heavy (non-hydrogen) atoms. The number of sulfonamides is 1. The lowest BCUT2D eigenvalue weighted by atomic mass is 10.1. The molecule has 2 N–H and O–H groups in total. The topological polar surface area (TPSA) is 86.7 Å². The Labute approximate surface area is 124 Å². The highest BCUT2D eigenvalue weighted by atomic mass is 32.2. The number of anilines is 1. The summed E-state index contributed by atoms with van der Waals surface area (Å²) in [6.07, 6.45) is 1.74. The zero-order valence-electron chi connectivity index (χ0n) is 12.1. The molecule has 7 heteroatoms. The Morgan fingerprint density at radius 3 is 2.62 bits per heavy atom. The number of carboxylic acids is 1. The van der Waals surface area contributed by atoms with E-state index in [1.54, 1.807) is 43.1 Å². The van der Waals surface area contributed by atoms with Gasteiger partial charge in [0.1, 0.15) is 4.90 Å². The molecule has 1 aliphatic rings. The average molecular weight is 312 g/mol. The van der Waals surface area contributed by atoms with Crippen molar-refractivity contribution in [3.8, 4) is 0 Å². The number of nitrogens with zero attached hydrogens (tertiary/aromatic N) is 1. The second-order valence-electron chi connectivity index (χ2n) is 5.48. The number of hydrogen-bond donors (Lipinski definition) is 2. The molecule has 116 valence electrons. The second kappa shape index (κ2) is 6.03. The fourth-order valence-corrected chi connectivity index (χ4v) is 3.63. The third-order valence-electron chi connectivity index (χ3n) is 3.43. The van der Waals surface area contributed by atoms with Crippen molar-refractivity contribution in [2.45, 2.75) is 30.7 Å². The maximum Gasteiger partial charge on any atom is 0.308 e. The van der Waals surface area contributed by atoms with Crippen molar-refractivity contribution in [2.75, 3.05) is 18.5 Å². The van der Waals surface area contributed by atoms with Crippen molar-refractivity contribution in [1.82, 2.24) is 4.72 Å². The molecule has 0 radical (unpaired) electrons. The van der Waals surface area contributed by atoms with Gasteiger partial charge in [-0.1, -0.05) is 19.1 Å². The standard InChI is InChI=1S/C14H20N2O4S/c1-10(14(17)18)9-16(2)12-5-3-4-6-13(12)21(19,20)15-11-7-8-11/h3-6,10-11,15H,7-9H2,1-2H3,(H,17,18). The first-order valence-electron chi connectivity index (χ1n) is 6.86. The van der Waals surface area contributed by atoms with Crippen LogP contribution in [0, 0.1) is 5.92 Å². The number of rotatable bonds is 7. The molecule has 0 heterocycles. The van der Waals surface area contributed by atoms with Gasteiger partial charge >= 0.3 is 5.97 Å². The van der Waals surface area contributed by atoms with E-state index in [9.17, 15) is 13.2 Å². The lowest BCUT2D eigenvalue weighted by Gasteiger charge is -2.24. The van der Waals surface area contributed by atoms with Crippen LogP contribution in [0.3, 0.4) is 0 Å². The quantitative estimate of drug-likeness (QED) is 0.792. The Kier molecular flexibility index (Phi) is 4.53. The van der Waals surface area contributed by atoms with Crippen molar-refractivity contribution in [1.29, 1.82) is 0 Å². The highest BCUT2D eigenvalue weighted by Crippen LogP contribution is 2.28. The van der Waals surface area contributed by atoms with Gasteiger partial charge in [0.25, 0.3) is 0 Å². The predicted molar refractivity (Wildman–Crippen MR) is 79.9 cm³/mol. The van der Waals surface area contributed by atoms with E-state index in [0.717, 1.165) is 12.8 Å². The van der Waals surface area contributed by atoms with Gasteiger partial charge in [0, 0.05) is 19.6 Å². The van der Waals surface area contributed by atoms with Gasteiger partial charge in [0.15, 0.2) is 0 Å². The molecule has 0 aliphatic heterocycles. The molecule has 0 saturated heterocycles. The summed E-state index contributed by atoms with van der Waals surface area (Å²) in [6, 6.07) is 6.68. The van der Waals surface area contributed by atoms with Crippen LogP contribution in [0.25, 0.3) is 0 Å². The van der Waals surface area contributed by atoms with E-state index in [1.165, 1.54) is 0 Å². The van der Waals surface area contributed by atoms with Crippen LogP contribution < -0.4 is 9.62 Å². The van der Waals surface area contributed by atoms with Gasteiger partial charge in [0.05, 0.1) is 11.6 Å².